The molecule has 0 amide bonds. The fourth-order valence-electron chi connectivity index (χ4n) is 1.24. The number of benzene rings is 1. The number of halogens is 2. The monoisotopic (exact) mass is 345 g/mol. The van der Waals surface area contributed by atoms with Gasteiger partial charge in [-0.15, -0.1) is 0 Å². The van der Waals surface area contributed by atoms with Crippen molar-refractivity contribution < 1.29 is 4.74 Å². The molecule has 0 atom stereocenters. The molecule has 0 aliphatic carbocycles. The van der Waals surface area contributed by atoms with Gasteiger partial charge in [0.25, 0.3) is 0 Å². The lowest BCUT2D eigenvalue weighted by atomic mass is 10.3. The zero-order valence-electron chi connectivity index (χ0n) is 8.58. The van der Waals surface area contributed by atoms with Gasteiger partial charge in [-0.1, -0.05) is 23.7 Å². The van der Waals surface area contributed by atoms with Crippen LogP contribution in [-0.2, 0) is 0 Å². The van der Waals surface area contributed by atoms with Crippen molar-refractivity contribution in [2.24, 2.45) is 0 Å². The molecule has 16 heavy (non-hydrogen) atoms. The van der Waals surface area contributed by atoms with Crippen LogP contribution in [0.4, 0.5) is 0 Å². The molecule has 2 rings (SSSR count). The molecule has 1 aromatic carbocycles. The van der Waals surface area contributed by atoms with Crippen LogP contribution in [0, 0.1) is 10.5 Å². The largest absolute Gasteiger partial charge is 0.456 e. The molecule has 2 aromatic rings. The predicted octanol–water partition coefficient (Wildman–Crippen LogP) is 4.44. The smallest absolute Gasteiger partial charge is 0.140 e. The summed E-state index contributed by atoms with van der Waals surface area (Å²) in [6.07, 6.45) is 1.70. The molecule has 0 aliphatic rings. The minimum absolute atomic E-state index is 0.437. The molecule has 1 aromatic heterocycles. The van der Waals surface area contributed by atoms with Crippen molar-refractivity contribution in [3.63, 3.8) is 0 Å². The van der Waals surface area contributed by atoms with Gasteiger partial charge in [-0.2, -0.15) is 0 Å². The van der Waals surface area contributed by atoms with Crippen LogP contribution in [0.2, 0.25) is 5.15 Å². The quantitative estimate of drug-likeness (QED) is 0.593. The first-order chi connectivity index (χ1) is 7.66. The average molecular weight is 346 g/mol. The Morgan fingerprint density at radius 3 is 2.75 bits per heavy atom. The van der Waals surface area contributed by atoms with Crippen LogP contribution in [0.25, 0.3) is 0 Å². The average Bonchev–Trinajstić information content (AvgIpc) is 2.27. The summed E-state index contributed by atoms with van der Waals surface area (Å²) in [5.74, 6) is 1.57. The maximum absolute atomic E-state index is 5.83. The molecule has 0 saturated carbocycles. The van der Waals surface area contributed by atoms with Gasteiger partial charge in [-0.25, -0.2) is 4.98 Å². The Morgan fingerprint density at radius 2 is 2.00 bits per heavy atom. The second-order valence-electron chi connectivity index (χ2n) is 3.31. The molecule has 0 unspecified atom stereocenters. The molecule has 0 spiro atoms. The van der Waals surface area contributed by atoms with Gasteiger partial charge in [-0.05, 0) is 41.6 Å². The predicted molar refractivity (Wildman–Crippen MR) is 73.2 cm³/mol. The van der Waals surface area contributed by atoms with Gasteiger partial charge < -0.3 is 4.74 Å². The van der Waals surface area contributed by atoms with Crippen LogP contribution in [0.5, 0.6) is 11.5 Å². The summed E-state index contributed by atoms with van der Waals surface area (Å²) in [7, 11) is 0. The van der Waals surface area contributed by atoms with Crippen LogP contribution in [0.15, 0.2) is 36.5 Å². The summed E-state index contributed by atoms with van der Waals surface area (Å²) in [6, 6.07) is 9.56. The van der Waals surface area contributed by atoms with Crippen LogP contribution in [0.3, 0.4) is 0 Å². The van der Waals surface area contributed by atoms with E-state index in [0.29, 0.717) is 5.15 Å². The minimum atomic E-state index is 0.437. The number of para-hydroxylation sites is 1. The third-order valence-corrected chi connectivity index (χ3v) is 3.17. The first kappa shape index (κ1) is 11.7. The number of aryl methyl sites for hydroxylation is 1. The van der Waals surface area contributed by atoms with E-state index in [0.717, 1.165) is 20.6 Å². The van der Waals surface area contributed by atoms with Gasteiger partial charge in [0.15, 0.2) is 0 Å². The zero-order chi connectivity index (χ0) is 11.5. The van der Waals surface area contributed by atoms with E-state index in [4.69, 9.17) is 16.3 Å². The molecule has 82 valence electrons. The molecule has 2 nitrogen and oxygen atoms in total. The Hall–Kier alpha value is -0.810. The Kier molecular flexibility index (Phi) is 3.66. The van der Waals surface area contributed by atoms with E-state index in [9.17, 15) is 0 Å². The molecule has 0 aliphatic heterocycles. The topological polar surface area (TPSA) is 22.1 Å². The van der Waals surface area contributed by atoms with Crippen LogP contribution in [-0.4, -0.2) is 4.98 Å². The van der Waals surface area contributed by atoms with Crippen molar-refractivity contribution in [3.05, 3.63) is 50.8 Å². The number of pyridine rings is 1. The highest BCUT2D eigenvalue weighted by Crippen LogP contribution is 2.29. The van der Waals surface area contributed by atoms with Crippen molar-refractivity contribution in [2.45, 2.75) is 6.92 Å². The van der Waals surface area contributed by atoms with Gasteiger partial charge >= 0.3 is 0 Å². The number of hydrogen-bond donors (Lipinski definition) is 0. The lowest BCUT2D eigenvalue weighted by Gasteiger charge is -2.09. The summed E-state index contributed by atoms with van der Waals surface area (Å²) in [4.78, 5) is 3.99. The van der Waals surface area contributed by atoms with Crippen molar-refractivity contribution in [1.82, 2.24) is 4.98 Å². The molecule has 0 radical (unpaired) electrons. The first-order valence-corrected chi connectivity index (χ1v) is 6.17. The maximum Gasteiger partial charge on any atom is 0.140 e. The van der Waals surface area contributed by atoms with Gasteiger partial charge in [0.05, 0.1) is 3.57 Å². The molecule has 0 saturated heterocycles. The van der Waals surface area contributed by atoms with Crippen molar-refractivity contribution in [1.29, 1.82) is 0 Å². The Bertz CT molecular complexity index is 516. The van der Waals surface area contributed by atoms with E-state index in [1.807, 2.05) is 31.2 Å². The highest BCUT2D eigenvalue weighted by molar-refractivity contribution is 14.1. The molecule has 4 heteroatoms. The number of nitrogens with zero attached hydrogens (tertiary/aromatic N) is 1. The zero-order valence-corrected chi connectivity index (χ0v) is 11.5. The fraction of sp³-hybridized carbons (Fsp3) is 0.0833. The highest BCUT2D eigenvalue weighted by Gasteiger charge is 2.05. The molecule has 0 fully saturated rings. The summed E-state index contributed by atoms with van der Waals surface area (Å²) >= 11 is 8.06. The van der Waals surface area contributed by atoms with Gasteiger partial charge in [0.2, 0.25) is 0 Å². The summed E-state index contributed by atoms with van der Waals surface area (Å²) in [5.41, 5.74) is 0.962. The molecule has 1 heterocycles. The van der Waals surface area contributed by atoms with Crippen LogP contribution >= 0.6 is 34.2 Å². The van der Waals surface area contributed by atoms with E-state index < -0.39 is 0 Å². The molecule has 0 bridgehead atoms. The number of ether oxygens (including phenoxy) is 1. The maximum atomic E-state index is 5.83. The number of aromatic nitrogens is 1. The molecular formula is C12H9ClINO. The van der Waals surface area contributed by atoms with E-state index in [2.05, 4.69) is 27.6 Å². The van der Waals surface area contributed by atoms with Crippen LogP contribution in [0.1, 0.15) is 5.56 Å². The number of rotatable bonds is 2. The molecule has 0 N–H and O–H groups in total. The normalized spacial score (nSPS) is 10.2. The van der Waals surface area contributed by atoms with Gasteiger partial charge in [0.1, 0.15) is 16.7 Å². The third-order valence-electron chi connectivity index (χ3n) is 2.08. The van der Waals surface area contributed by atoms with Crippen molar-refractivity contribution >= 4 is 34.2 Å². The van der Waals surface area contributed by atoms with E-state index in [1.165, 1.54) is 0 Å². The SMILES string of the molecule is Cc1cnc(Cl)cc1Oc1ccccc1I. The van der Waals surface area contributed by atoms with E-state index >= 15 is 0 Å². The van der Waals surface area contributed by atoms with Crippen molar-refractivity contribution in [3.8, 4) is 11.5 Å². The summed E-state index contributed by atoms with van der Waals surface area (Å²) < 4.78 is 6.85. The standard InChI is InChI=1S/C12H9ClINO/c1-8-7-15-12(13)6-11(8)16-10-5-3-2-4-9(10)14/h2-7H,1H3. The van der Waals surface area contributed by atoms with Crippen molar-refractivity contribution in [2.75, 3.05) is 0 Å². The Labute approximate surface area is 113 Å². The summed E-state index contributed by atoms with van der Waals surface area (Å²) in [6.45, 7) is 1.94. The highest BCUT2D eigenvalue weighted by atomic mass is 127. The lowest BCUT2D eigenvalue weighted by molar-refractivity contribution is 0.475. The second-order valence-corrected chi connectivity index (χ2v) is 4.85. The van der Waals surface area contributed by atoms with Gasteiger partial charge in [0, 0.05) is 17.8 Å². The first-order valence-electron chi connectivity index (χ1n) is 4.71. The lowest BCUT2D eigenvalue weighted by Crippen LogP contribution is -1.90. The second kappa shape index (κ2) is 5.01. The Morgan fingerprint density at radius 1 is 1.25 bits per heavy atom. The third kappa shape index (κ3) is 2.65. The Balaban J connectivity index is 2.34. The van der Waals surface area contributed by atoms with E-state index in [1.54, 1.807) is 12.3 Å². The van der Waals surface area contributed by atoms with Crippen LogP contribution < -0.4 is 4.74 Å². The summed E-state index contributed by atoms with van der Waals surface area (Å²) in [5, 5.41) is 0.437. The number of hydrogen-bond acceptors (Lipinski definition) is 2. The minimum Gasteiger partial charge on any atom is -0.456 e. The fourth-order valence-corrected chi connectivity index (χ4v) is 1.88. The van der Waals surface area contributed by atoms with E-state index in [-0.39, 0.29) is 0 Å². The molecular weight excluding hydrogens is 336 g/mol. The van der Waals surface area contributed by atoms with Gasteiger partial charge in [-0.3, -0.25) is 0 Å².